The van der Waals surface area contributed by atoms with Crippen LogP contribution in [0.25, 0.3) is 0 Å². The number of amides is 1. The van der Waals surface area contributed by atoms with Crippen molar-refractivity contribution in [1.29, 1.82) is 0 Å². The molecule has 0 unspecified atom stereocenters. The number of carbonyl (C=O) groups excluding carboxylic acids is 1. The summed E-state index contributed by atoms with van der Waals surface area (Å²) in [6, 6.07) is 23.1. The van der Waals surface area contributed by atoms with E-state index in [-0.39, 0.29) is 5.91 Å². The van der Waals surface area contributed by atoms with Crippen LogP contribution in [-0.4, -0.2) is 10.8 Å². The molecule has 3 aromatic rings. The molecule has 1 amide bonds. The zero-order chi connectivity index (χ0) is 17.2. The monoisotopic (exact) mass is 349 g/mol. The van der Waals surface area contributed by atoms with E-state index >= 15 is 0 Å². The second-order valence-corrected chi connectivity index (χ2v) is 6.40. The molecule has 0 N–H and O–H groups in total. The smallest absolute Gasteiger partial charge is 0.256 e. The van der Waals surface area contributed by atoms with Gasteiger partial charge in [-0.25, -0.2) is 0 Å². The second-order valence-electron chi connectivity index (χ2n) is 5.99. The third-order valence-electron chi connectivity index (χ3n) is 4.24. The van der Waals surface area contributed by atoms with Crippen LogP contribution in [0.5, 0.6) is 11.5 Å². The fourth-order valence-corrected chi connectivity index (χ4v) is 3.29. The molecular formula is C21H16ClNO2. The lowest BCUT2D eigenvalue weighted by molar-refractivity contribution is 0.0767. The van der Waals surface area contributed by atoms with Crippen LogP contribution in [0.15, 0.2) is 72.8 Å². The number of halogens is 1. The molecule has 0 radical (unpaired) electrons. The molecule has 0 saturated heterocycles. The quantitative estimate of drug-likeness (QED) is 0.640. The molecule has 0 fully saturated rings. The molecule has 0 spiro atoms. The second kappa shape index (κ2) is 6.61. The van der Waals surface area contributed by atoms with Gasteiger partial charge in [0.15, 0.2) is 0 Å². The summed E-state index contributed by atoms with van der Waals surface area (Å²) in [5, 5.41) is 0.525. The van der Waals surface area contributed by atoms with Gasteiger partial charge in [0.25, 0.3) is 5.91 Å². The molecule has 124 valence electrons. The fourth-order valence-electron chi connectivity index (χ4n) is 3.01. The van der Waals surface area contributed by atoms with Gasteiger partial charge in [-0.1, -0.05) is 54.1 Å². The van der Waals surface area contributed by atoms with E-state index in [1.54, 1.807) is 6.07 Å². The molecule has 0 aliphatic carbocycles. The first-order chi connectivity index (χ1) is 12.2. The maximum absolute atomic E-state index is 12.5. The molecule has 1 aliphatic rings. The van der Waals surface area contributed by atoms with E-state index < -0.39 is 0 Å². The van der Waals surface area contributed by atoms with Crippen LogP contribution in [0.3, 0.4) is 0 Å². The van der Waals surface area contributed by atoms with Crippen molar-refractivity contribution in [2.75, 3.05) is 0 Å². The number of para-hydroxylation sites is 1. The van der Waals surface area contributed by atoms with Crippen LogP contribution in [0, 0.1) is 0 Å². The molecule has 3 aromatic carbocycles. The number of hydrogen-bond donors (Lipinski definition) is 0. The predicted molar refractivity (Wildman–Crippen MR) is 98.0 cm³/mol. The Morgan fingerprint density at radius 2 is 1.60 bits per heavy atom. The number of ether oxygens (including phenoxy) is 1. The largest absolute Gasteiger partial charge is 0.457 e. The summed E-state index contributed by atoms with van der Waals surface area (Å²) in [7, 11) is 0. The van der Waals surface area contributed by atoms with Crippen LogP contribution in [-0.2, 0) is 13.1 Å². The highest BCUT2D eigenvalue weighted by Crippen LogP contribution is 2.30. The summed E-state index contributed by atoms with van der Waals surface area (Å²) in [5.74, 6) is 1.56. The highest BCUT2D eigenvalue weighted by atomic mass is 35.5. The van der Waals surface area contributed by atoms with Crippen molar-refractivity contribution >= 4 is 17.5 Å². The van der Waals surface area contributed by atoms with E-state index in [0.29, 0.717) is 23.7 Å². The third kappa shape index (κ3) is 3.24. The van der Waals surface area contributed by atoms with E-state index in [9.17, 15) is 4.79 Å². The Morgan fingerprint density at radius 3 is 2.32 bits per heavy atom. The Bertz CT molecular complexity index is 907. The Hall–Kier alpha value is -2.78. The van der Waals surface area contributed by atoms with Gasteiger partial charge in [-0.3, -0.25) is 4.79 Å². The summed E-state index contributed by atoms with van der Waals surface area (Å²) in [5.41, 5.74) is 2.67. The molecule has 0 aromatic heterocycles. The molecule has 0 atom stereocenters. The van der Waals surface area contributed by atoms with Crippen molar-refractivity contribution in [2.24, 2.45) is 0 Å². The van der Waals surface area contributed by atoms with Crippen LogP contribution in [0.4, 0.5) is 0 Å². The first kappa shape index (κ1) is 15.7. The van der Waals surface area contributed by atoms with Gasteiger partial charge in [0, 0.05) is 13.1 Å². The Labute approximate surface area is 151 Å². The first-order valence-corrected chi connectivity index (χ1v) is 8.47. The zero-order valence-electron chi connectivity index (χ0n) is 13.5. The van der Waals surface area contributed by atoms with Gasteiger partial charge in [0.2, 0.25) is 0 Å². The Balaban J connectivity index is 1.46. The summed E-state index contributed by atoms with van der Waals surface area (Å²) in [6.07, 6.45) is 0. The molecule has 4 heteroatoms. The van der Waals surface area contributed by atoms with Crippen molar-refractivity contribution in [1.82, 2.24) is 4.90 Å². The molecule has 1 aliphatic heterocycles. The average Bonchev–Trinajstić information content (AvgIpc) is 2.95. The molecular weight excluding hydrogens is 334 g/mol. The van der Waals surface area contributed by atoms with Gasteiger partial charge < -0.3 is 9.64 Å². The topological polar surface area (TPSA) is 29.5 Å². The maximum Gasteiger partial charge on any atom is 0.256 e. The van der Waals surface area contributed by atoms with Crippen molar-refractivity contribution in [3.63, 3.8) is 0 Å². The van der Waals surface area contributed by atoms with Crippen LogP contribution in [0.2, 0.25) is 5.02 Å². The Kier molecular flexibility index (Phi) is 4.16. The number of benzene rings is 3. The molecule has 1 heterocycles. The minimum atomic E-state index is -0.00906. The van der Waals surface area contributed by atoms with E-state index in [0.717, 1.165) is 22.6 Å². The molecule has 3 nitrogen and oxygen atoms in total. The SMILES string of the molecule is O=C1c2c(Cl)cccc2CN1Cc1ccc(Oc2ccccc2)cc1. The number of carbonyl (C=O) groups is 1. The standard InChI is InChI=1S/C21H16ClNO2/c22-19-8-4-5-16-14-23(21(24)20(16)19)13-15-9-11-18(12-10-15)25-17-6-2-1-3-7-17/h1-12H,13-14H2. The number of rotatable bonds is 4. The summed E-state index contributed by atoms with van der Waals surface area (Å²) in [6.45, 7) is 1.15. The molecule has 4 rings (SSSR count). The van der Waals surface area contributed by atoms with E-state index in [1.807, 2.05) is 71.6 Å². The molecule has 0 bridgehead atoms. The first-order valence-electron chi connectivity index (χ1n) is 8.09. The minimum absolute atomic E-state index is 0.00906. The average molecular weight is 350 g/mol. The normalized spacial score (nSPS) is 13.0. The van der Waals surface area contributed by atoms with E-state index in [1.165, 1.54) is 0 Å². The third-order valence-corrected chi connectivity index (χ3v) is 4.55. The van der Waals surface area contributed by atoms with Crippen LogP contribution < -0.4 is 4.74 Å². The van der Waals surface area contributed by atoms with Crippen molar-refractivity contribution in [3.8, 4) is 11.5 Å². The summed E-state index contributed by atoms with van der Waals surface area (Å²) >= 11 is 6.17. The van der Waals surface area contributed by atoms with Gasteiger partial charge in [0.1, 0.15) is 11.5 Å². The number of hydrogen-bond acceptors (Lipinski definition) is 2. The summed E-state index contributed by atoms with van der Waals surface area (Å²) in [4.78, 5) is 14.4. The van der Waals surface area contributed by atoms with Crippen LogP contribution in [0.1, 0.15) is 21.5 Å². The lowest BCUT2D eigenvalue weighted by Crippen LogP contribution is -2.23. The summed E-state index contributed by atoms with van der Waals surface area (Å²) < 4.78 is 5.79. The predicted octanol–water partition coefficient (Wildman–Crippen LogP) is 5.29. The maximum atomic E-state index is 12.5. The number of fused-ring (bicyclic) bond motifs is 1. The van der Waals surface area contributed by atoms with Gasteiger partial charge in [-0.2, -0.15) is 0 Å². The van der Waals surface area contributed by atoms with Crippen molar-refractivity contribution in [3.05, 3.63) is 94.5 Å². The van der Waals surface area contributed by atoms with Gasteiger partial charge in [0.05, 0.1) is 10.6 Å². The highest BCUT2D eigenvalue weighted by molar-refractivity contribution is 6.34. The lowest BCUT2D eigenvalue weighted by atomic mass is 10.1. The van der Waals surface area contributed by atoms with Gasteiger partial charge in [-0.05, 0) is 41.5 Å². The van der Waals surface area contributed by atoms with Crippen molar-refractivity contribution in [2.45, 2.75) is 13.1 Å². The lowest BCUT2D eigenvalue weighted by Gasteiger charge is -2.16. The molecule has 25 heavy (non-hydrogen) atoms. The van der Waals surface area contributed by atoms with E-state index in [4.69, 9.17) is 16.3 Å². The van der Waals surface area contributed by atoms with Crippen molar-refractivity contribution < 1.29 is 9.53 Å². The fraction of sp³-hybridized carbons (Fsp3) is 0.0952. The van der Waals surface area contributed by atoms with Gasteiger partial charge in [-0.15, -0.1) is 0 Å². The van der Waals surface area contributed by atoms with Crippen LogP contribution >= 0.6 is 11.6 Å². The minimum Gasteiger partial charge on any atom is -0.457 e. The van der Waals surface area contributed by atoms with E-state index in [2.05, 4.69) is 0 Å². The number of nitrogens with zero attached hydrogens (tertiary/aromatic N) is 1. The zero-order valence-corrected chi connectivity index (χ0v) is 14.2. The molecule has 0 saturated carbocycles. The van der Waals surface area contributed by atoms with Gasteiger partial charge >= 0.3 is 0 Å². The Morgan fingerprint density at radius 1 is 0.880 bits per heavy atom. The highest BCUT2D eigenvalue weighted by Gasteiger charge is 2.29.